The van der Waals surface area contributed by atoms with Crippen LogP contribution in [-0.2, 0) is 14.4 Å². The van der Waals surface area contributed by atoms with Crippen LogP contribution < -0.4 is 5.32 Å². The van der Waals surface area contributed by atoms with Crippen molar-refractivity contribution in [3.05, 3.63) is 60.2 Å². The summed E-state index contributed by atoms with van der Waals surface area (Å²) in [6, 6.07) is 16.1. The molecule has 2 aromatic carbocycles. The molecule has 2 N–H and O–H groups in total. The molecule has 0 aromatic heterocycles. The third-order valence-electron chi connectivity index (χ3n) is 5.94. The van der Waals surface area contributed by atoms with Crippen LogP contribution in [0.15, 0.2) is 54.6 Å². The second-order valence-electron chi connectivity index (χ2n) is 7.67. The Kier molecular flexibility index (Phi) is 5.92. The van der Waals surface area contributed by atoms with E-state index in [0.29, 0.717) is 13.0 Å². The van der Waals surface area contributed by atoms with Gasteiger partial charge in [-0.1, -0.05) is 54.6 Å². The summed E-state index contributed by atoms with van der Waals surface area (Å²) in [5.41, 5.74) is 2.94. The van der Waals surface area contributed by atoms with Gasteiger partial charge in [0.05, 0.1) is 11.8 Å². The molecule has 30 heavy (non-hydrogen) atoms. The molecule has 7 heteroatoms. The Morgan fingerprint density at radius 3 is 2.27 bits per heavy atom. The molecule has 156 valence electrons. The van der Waals surface area contributed by atoms with E-state index in [2.05, 4.69) is 5.32 Å². The van der Waals surface area contributed by atoms with E-state index in [9.17, 15) is 19.5 Å². The maximum atomic E-state index is 13.1. The van der Waals surface area contributed by atoms with Gasteiger partial charge in [0, 0.05) is 12.6 Å². The van der Waals surface area contributed by atoms with Gasteiger partial charge < -0.3 is 5.11 Å². The van der Waals surface area contributed by atoms with E-state index in [1.165, 1.54) is 4.90 Å². The highest BCUT2D eigenvalue weighted by Gasteiger charge is 2.60. The van der Waals surface area contributed by atoms with Crippen LogP contribution in [0.5, 0.6) is 0 Å². The number of nitrogens with zero attached hydrogens (tertiary/aromatic N) is 1. The topological polar surface area (TPSA) is 86.7 Å². The summed E-state index contributed by atoms with van der Waals surface area (Å²) in [6.45, 7) is 0.345. The molecule has 6 nitrogen and oxygen atoms in total. The van der Waals surface area contributed by atoms with Gasteiger partial charge in [0.1, 0.15) is 6.04 Å². The first-order valence-corrected chi connectivity index (χ1v) is 11.4. The number of imide groups is 1. The molecule has 2 amide bonds. The van der Waals surface area contributed by atoms with Crippen molar-refractivity contribution in [2.24, 2.45) is 11.8 Å². The average Bonchev–Trinajstić information content (AvgIpc) is 3.27. The van der Waals surface area contributed by atoms with Gasteiger partial charge in [-0.3, -0.25) is 24.6 Å². The smallest absolute Gasteiger partial charge is 0.321 e. The number of aliphatic carboxylic acids is 1. The molecule has 2 aliphatic heterocycles. The molecular weight excluding hydrogens is 400 g/mol. The van der Waals surface area contributed by atoms with Gasteiger partial charge in [-0.2, -0.15) is 11.8 Å². The molecule has 2 heterocycles. The minimum absolute atomic E-state index is 0.264. The summed E-state index contributed by atoms with van der Waals surface area (Å²) in [6.07, 6.45) is 2.68. The fourth-order valence-electron chi connectivity index (χ4n) is 4.51. The number of carbonyl (C=O) groups excluding carboxylic acids is 2. The number of carboxylic acids is 1. The third kappa shape index (κ3) is 3.63. The molecule has 4 unspecified atom stereocenters. The van der Waals surface area contributed by atoms with Crippen molar-refractivity contribution in [1.82, 2.24) is 10.2 Å². The van der Waals surface area contributed by atoms with Gasteiger partial charge in [0.2, 0.25) is 11.8 Å². The Morgan fingerprint density at radius 2 is 1.63 bits per heavy atom. The monoisotopic (exact) mass is 424 g/mol. The first kappa shape index (κ1) is 20.6. The Bertz CT molecular complexity index is 947. The molecule has 2 aromatic rings. The van der Waals surface area contributed by atoms with Crippen molar-refractivity contribution < 1.29 is 19.5 Å². The van der Waals surface area contributed by atoms with Crippen molar-refractivity contribution >= 4 is 29.5 Å². The summed E-state index contributed by atoms with van der Waals surface area (Å²) in [7, 11) is 0. The van der Waals surface area contributed by atoms with Crippen molar-refractivity contribution in [3.63, 3.8) is 0 Å². The molecule has 2 saturated heterocycles. The SMILES string of the molecule is CSCCCN1C(=O)C2C(C(=O)O)NC(c3ccc(-c4ccccc4)cc3)C2C1=O. The Balaban J connectivity index is 1.61. The average molecular weight is 425 g/mol. The van der Waals surface area contributed by atoms with Crippen LogP contribution in [0.25, 0.3) is 11.1 Å². The van der Waals surface area contributed by atoms with Gasteiger partial charge >= 0.3 is 5.97 Å². The predicted molar refractivity (Wildman–Crippen MR) is 116 cm³/mol. The number of thioether (sulfide) groups is 1. The largest absolute Gasteiger partial charge is 0.480 e. The number of nitrogens with one attached hydrogen (secondary N) is 1. The van der Waals surface area contributed by atoms with Crippen molar-refractivity contribution in [2.45, 2.75) is 18.5 Å². The molecule has 0 radical (unpaired) electrons. The molecule has 0 bridgehead atoms. The van der Waals surface area contributed by atoms with Crippen LogP contribution >= 0.6 is 11.8 Å². The lowest BCUT2D eigenvalue weighted by molar-refractivity contribution is -0.146. The predicted octanol–water partition coefficient (Wildman–Crippen LogP) is 2.81. The van der Waals surface area contributed by atoms with Gasteiger partial charge in [-0.15, -0.1) is 0 Å². The molecule has 4 atom stereocenters. The zero-order chi connectivity index (χ0) is 21.3. The minimum Gasteiger partial charge on any atom is -0.480 e. The van der Waals surface area contributed by atoms with Crippen LogP contribution in [-0.4, -0.2) is 52.4 Å². The van der Waals surface area contributed by atoms with Crippen LogP contribution in [0.4, 0.5) is 0 Å². The second kappa shape index (κ2) is 8.62. The highest BCUT2D eigenvalue weighted by molar-refractivity contribution is 7.98. The number of likely N-dealkylation sites (tertiary alicyclic amines) is 1. The normalized spacial score (nSPS) is 25.6. The zero-order valence-electron chi connectivity index (χ0n) is 16.7. The maximum absolute atomic E-state index is 13.1. The highest BCUT2D eigenvalue weighted by Crippen LogP contribution is 2.44. The molecular formula is C23H24N2O4S. The summed E-state index contributed by atoms with van der Waals surface area (Å²) >= 11 is 1.66. The van der Waals surface area contributed by atoms with Gasteiger partial charge in [-0.25, -0.2) is 0 Å². The van der Waals surface area contributed by atoms with Crippen molar-refractivity contribution in [1.29, 1.82) is 0 Å². The minimum atomic E-state index is -1.10. The fourth-order valence-corrected chi connectivity index (χ4v) is 4.92. The van der Waals surface area contributed by atoms with Gasteiger partial charge in [0.25, 0.3) is 0 Å². The summed E-state index contributed by atoms with van der Waals surface area (Å²) in [4.78, 5) is 39.1. The van der Waals surface area contributed by atoms with Crippen LogP contribution in [0, 0.1) is 11.8 Å². The highest BCUT2D eigenvalue weighted by atomic mass is 32.2. The fraction of sp³-hybridized carbons (Fsp3) is 0.348. The van der Waals surface area contributed by atoms with E-state index < -0.39 is 29.9 Å². The molecule has 0 spiro atoms. The maximum Gasteiger partial charge on any atom is 0.321 e. The lowest BCUT2D eigenvalue weighted by Crippen LogP contribution is -2.43. The van der Waals surface area contributed by atoms with E-state index >= 15 is 0 Å². The standard InChI is InChI=1S/C23H24N2O4S/c1-30-13-5-12-25-21(26)17-18(22(25)27)20(23(28)29)24-19(17)16-10-8-15(9-11-16)14-6-3-2-4-7-14/h2-4,6-11,17-20,24H,5,12-13H2,1H3,(H,28,29). The molecule has 2 aliphatic rings. The van der Waals surface area contributed by atoms with Crippen molar-refractivity contribution in [3.8, 4) is 11.1 Å². The first-order chi connectivity index (χ1) is 14.5. The zero-order valence-corrected chi connectivity index (χ0v) is 17.5. The summed E-state index contributed by atoms with van der Waals surface area (Å²) in [5, 5.41) is 12.7. The number of amides is 2. The van der Waals surface area contributed by atoms with Crippen LogP contribution in [0.3, 0.4) is 0 Å². The number of carboxylic acid groups (broad SMARTS) is 1. The Hall–Kier alpha value is -2.64. The number of carbonyl (C=O) groups is 3. The Labute approximate surface area is 179 Å². The molecule has 4 rings (SSSR count). The van der Waals surface area contributed by atoms with E-state index in [1.54, 1.807) is 11.8 Å². The molecule has 2 fully saturated rings. The number of hydrogen-bond donors (Lipinski definition) is 2. The second-order valence-corrected chi connectivity index (χ2v) is 8.66. The summed E-state index contributed by atoms with van der Waals surface area (Å²) < 4.78 is 0. The number of rotatable bonds is 7. The number of hydrogen-bond acceptors (Lipinski definition) is 5. The van der Waals surface area contributed by atoms with Crippen molar-refractivity contribution in [2.75, 3.05) is 18.6 Å². The number of fused-ring (bicyclic) bond motifs is 1. The lowest BCUT2D eigenvalue weighted by atomic mass is 9.86. The van der Waals surface area contributed by atoms with E-state index in [0.717, 1.165) is 22.4 Å². The quantitative estimate of drug-likeness (QED) is 0.525. The lowest BCUT2D eigenvalue weighted by Gasteiger charge is -2.21. The van der Waals surface area contributed by atoms with Crippen LogP contribution in [0.1, 0.15) is 18.0 Å². The first-order valence-electron chi connectivity index (χ1n) is 10.0. The van der Waals surface area contributed by atoms with E-state index in [1.807, 2.05) is 60.9 Å². The van der Waals surface area contributed by atoms with Gasteiger partial charge in [0.15, 0.2) is 0 Å². The van der Waals surface area contributed by atoms with Crippen LogP contribution in [0.2, 0.25) is 0 Å². The summed E-state index contributed by atoms with van der Waals surface area (Å²) in [5.74, 6) is -2.43. The van der Waals surface area contributed by atoms with E-state index in [4.69, 9.17) is 0 Å². The molecule has 0 aliphatic carbocycles. The molecule has 0 saturated carbocycles. The third-order valence-corrected chi connectivity index (χ3v) is 6.64. The van der Waals surface area contributed by atoms with E-state index in [-0.39, 0.29) is 11.8 Å². The number of benzene rings is 2. The van der Waals surface area contributed by atoms with Gasteiger partial charge in [-0.05, 0) is 35.1 Å². The Morgan fingerprint density at radius 1 is 1.00 bits per heavy atom.